The minimum atomic E-state index is -4.11. The number of aromatic nitrogens is 1. The van der Waals surface area contributed by atoms with Gasteiger partial charge < -0.3 is 0 Å². The van der Waals surface area contributed by atoms with Gasteiger partial charge in [-0.1, -0.05) is 12.2 Å². The van der Waals surface area contributed by atoms with Gasteiger partial charge in [0.1, 0.15) is 0 Å². The molecule has 3 atom stereocenters. The van der Waals surface area contributed by atoms with Crippen molar-refractivity contribution in [1.82, 2.24) is 9.88 Å². The van der Waals surface area contributed by atoms with Crippen LogP contribution in [0.1, 0.15) is 31.2 Å². The molecule has 1 fully saturated rings. The number of fused-ring (bicyclic) bond motifs is 2. The van der Waals surface area contributed by atoms with Crippen molar-refractivity contribution in [1.29, 1.82) is 5.26 Å². The van der Waals surface area contributed by atoms with Gasteiger partial charge in [-0.2, -0.15) is 18.4 Å². The van der Waals surface area contributed by atoms with Gasteiger partial charge in [-0.3, -0.25) is 9.88 Å². The monoisotopic (exact) mass is 399 g/mol. The van der Waals surface area contributed by atoms with Gasteiger partial charge in [0.25, 0.3) is 0 Å². The first-order valence-electron chi connectivity index (χ1n) is 7.86. The first-order chi connectivity index (χ1) is 11.3. The van der Waals surface area contributed by atoms with Crippen molar-refractivity contribution in [3.63, 3.8) is 0 Å². The summed E-state index contributed by atoms with van der Waals surface area (Å²) in [6.45, 7) is 0.403. The molecule has 24 heavy (non-hydrogen) atoms. The first kappa shape index (κ1) is 17.4. The smallest absolute Gasteiger partial charge is 0.290 e. The zero-order valence-corrected chi connectivity index (χ0v) is 14.5. The standard InChI is InChI=1S/C17H17BrF3N3/c18-13-6-12(9-23-10-13)16(11-22)7-14-2-3-15(8-16)24(14)5-1-4-17(19,20)21/h2-3,6,9-10,14-15H,1,4-5,7-8H2/t14-,15+,16-. The molecular formula is C17H17BrF3N3. The van der Waals surface area contributed by atoms with Gasteiger partial charge in [0.05, 0.1) is 11.5 Å². The van der Waals surface area contributed by atoms with Gasteiger partial charge in [0.15, 0.2) is 0 Å². The molecule has 2 aliphatic rings. The van der Waals surface area contributed by atoms with Crippen LogP contribution >= 0.6 is 15.9 Å². The number of halogens is 4. The first-order valence-corrected chi connectivity index (χ1v) is 8.65. The fourth-order valence-electron chi connectivity index (χ4n) is 3.75. The molecule has 1 saturated heterocycles. The molecule has 0 radical (unpaired) electrons. The molecule has 0 saturated carbocycles. The van der Waals surface area contributed by atoms with Gasteiger partial charge in [-0.05, 0) is 53.4 Å². The van der Waals surface area contributed by atoms with Crippen molar-refractivity contribution in [2.24, 2.45) is 0 Å². The zero-order valence-electron chi connectivity index (χ0n) is 12.9. The van der Waals surface area contributed by atoms with E-state index in [1.165, 1.54) is 0 Å². The van der Waals surface area contributed by atoms with E-state index in [4.69, 9.17) is 0 Å². The molecule has 1 aromatic heterocycles. The minimum Gasteiger partial charge on any atom is -0.290 e. The molecule has 0 N–H and O–H groups in total. The Labute approximate surface area is 147 Å². The summed E-state index contributed by atoms with van der Waals surface area (Å²) in [5, 5.41) is 9.83. The highest BCUT2D eigenvalue weighted by molar-refractivity contribution is 9.10. The van der Waals surface area contributed by atoms with Crippen LogP contribution in [0.5, 0.6) is 0 Å². The van der Waals surface area contributed by atoms with Crippen LogP contribution in [0.3, 0.4) is 0 Å². The molecule has 0 amide bonds. The second kappa shape index (κ2) is 6.49. The molecule has 3 nitrogen and oxygen atoms in total. The molecule has 0 aromatic carbocycles. The maximum Gasteiger partial charge on any atom is 0.389 e. The fraction of sp³-hybridized carbons (Fsp3) is 0.529. The zero-order chi connectivity index (χ0) is 17.4. The summed E-state index contributed by atoms with van der Waals surface area (Å²) in [7, 11) is 0. The van der Waals surface area contributed by atoms with Crippen LogP contribution in [0.2, 0.25) is 0 Å². The second-order valence-electron chi connectivity index (χ2n) is 6.47. The van der Waals surface area contributed by atoms with Crippen molar-refractivity contribution in [3.05, 3.63) is 40.6 Å². The summed E-state index contributed by atoms with van der Waals surface area (Å²) in [5.41, 5.74) is 0.226. The molecule has 2 aliphatic heterocycles. The lowest BCUT2D eigenvalue weighted by Gasteiger charge is -2.43. The van der Waals surface area contributed by atoms with Crippen molar-refractivity contribution >= 4 is 15.9 Å². The topological polar surface area (TPSA) is 39.9 Å². The van der Waals surface area contributed by atoms with E-state index >= 15 is 0 Å². The summed E-state index contributed by atoms with van der Waals surface area (Å²) in [6, 6.07) is 4.39. The molecule has 3 heterocycles. The lowest BCUT2D eigenvalue weighted by molar-refractivity contribution is -0.136. The summed E-state index contributed by atoms with van der Waals surface area (Å²) < 4.78 is 37.9. The quantitative estimate of drug-likeness (QED) is 0.706. The van der Waals surface area contributed by atoms with E-state index < -0.39 is 18.0 Å². The Bertz CT molecular complexity index is 664. The number of piperidine rings is 1. The van der Waals surface area contributed by atoms with Crippen molar-refractivity contribution < 1.29 is 13.2 Å². The Hall–Kier alpha value is -1.39. The van der Waals surface area contributed by atoms with Crippen LogP contribution in [0.15, 0.2) is 35.1 Å². The van der Waals surface area contributed by atoms with Crippen LogP contribution in [0.4, 0.5) is 13.2 Å². The molecule has 7 heteroatoms. The average Bonchev–Trinajstić information content (AvgIpc) is 2.77. The van der Waals surface area contributed by atoms with Crippen molar-refractivity contribution in [2.75, 3.05) is 6.54 Å². The Morgan fingerprint density at radius 3 is 2.50 bits per heavy atom. The summed E-state index contributed by atoms with van der Waals surface area (Å²) in [6.07, 6.45) is 3.84. The highest BCUT2D eigenvalue weighted by atomic mass is 79.9. The Morgan fingerprint density at radius 1 is 1.29 bits per heavy atom. The van der Waals surface area contributed by atoms with E-state index in [1.807, 2.05) is 18.2 Å². The van der Waals surface area contributed by atoms with Crippen molar-refractivity contribution in [3.8, 4) is 6.07 Å². The summed E-state index contributed by atoms with van der Waals surface area (Å²) in [5.74, 6) is 0. The van der Waals surface area contributed by atoms with Crippen LogP contribution < -0.4 is 0 Å². The molecule has 0 spiro atoms. The third kappa shape index (κ3) is 3.50. The summed E-state index contributed by atoms with van der Waals surface area (Å²) in [4.78, 5) is 6.25. The molecule has 1 aromatic rings. The molecular weight excluding hydrogens is 383 g/mol. The third-order valence-electron chi connectivity index (χ3n) is 4.87. The molecule has 2 bridgehead atoms. The minimum absolute atomic E-state index is 0.00983. The number of rotatable bonds is 4. The van der Waals surface area contributed by atoms with Crippen LogP contribution in [-0.4, -0.2) is 34.7 Å². The number of nitrogens with zero attached hydrogens (tertiary/aromatic N) is 3. The fourth-order valence-corrected chi connectivity index (χ4v) is 4.12. The van der Waals surface area contributed by atoms with Gasteiger partial charge >= 0.3 is 6.18 Å². The van der Waals surface area contributed by atoms with E-state index in [0.717, 1.165) is 10.0 Å². The van der Waals surface area contributed by atoms with E-state index in [-0.39, 0.29) is 18.5 Å². The van der Waals surface area contributed by atoms with Gasteiger partial charge in [-0.25, -0.2) is 0 Å². The normalized spacial score (nSPS) is 29.6. The van der Waals surface area contributed by atoms with E-state index in [9.17, 15) is 18.4 Å². The maximum absolute atomic E-state index is 12.4. The van der Waals surface area contributed by atoms with Crippen LogP contribution in [0.25, 0.3) is 0 Å². The molecule has 0 unspecified atom stereocenters. The molecule has 0 aliphatic carbocycles. The highest BCUT2D eigenvalue weighted by Crippen LogP contribution is 2.44. The third-order valence-corrected chi connectivity index (χ3v) is 5.30. The number of hydrogen-bond donors (Lipinski definition) is 0. The number of hydrogen-bond acceptors (Lipinski definition) is 3. The van der Waals surface area contributed by atoms with E-state index in [0.29, 0.717) is 19.4 Å². The van der Waals surface area contributed by atoms with E-state index in [2.05, 4.69) is 31.9 Å². The summed E-state index contributed by atoms with van der Waals surface area (Å²) >= 11 is 3.39. The molecule has 3 rings (SSSR count). The van der Waals surface area contributed by atoms with Gasteiger partial charge in [-0.15, -0.1) is 0 Å². The highest BCUT2D eigenvalue weighted by Gasteiger charge is 2.47. The lowest BCUT2D eigenvalue weighted by atomic mass is 9.71. The van der Waals surface area contributed by atoms with Gasteiger partial charge in [0, 0.05) is 35.4 Å². The molecule has 128 valence electrons. The average molecular weight is 400 g/mol. The maximum atomic E-state index is 12.4. The number of pyridine rings is 1. The second-order valence-corrected chi connectivity index (χ2v) is 7.39. The Balaban J connectivity index is 1.73. The predicted molar refractivity (Wildman–Crippen MR) is 87.2 cm³/mol. The van der Waals surface area contributed by atoms with Crippen molar-refractivity contribution in [2.45, 2.75) is 49.4 Å². The van der Waals surface area contributed by atoms with Gasteiger partial charge in [0.2, 0.25) is 0 Å². The number of nitriles is 1. The SMILES string of the molecule is N#C[C@@]1(c2cncc(Br)c2)C[C@H]2C=C[C@@H](C1)N2CCCC(F)(F)F. The van der Waals surface area contributed by atoms with Crippen LogP contribution in [0, 0.1) is 11.3 Å². The Morgan fingerprint density at radius 2 is 1.96 bits per heavy atom. The van der Waals surface area contributed by atoms with Crippen LogP contribution in [-0.2, 0) is 5.41 Å². The largest absolute Gasteiger partial charge is 0.389 e. The van der Waals surface area contributed by atoms with E-state index in [1.54, 1.807) is 12.4 Å². The lowest BCUT2D eigenvalue weighted by Crippen LogP contribution is -2.50. The Kier molecular flexibility index (Phi) is 4.71. The predicted octanol–water partition coefficient (Wildman–Crippen LogP) is 4.35. The number of alkyl halides is 3.